The molecule has 1 unspecified atom stereocenters. The van der Waals surface area contributed by atoms with Gasteiger partial charge in [0.2, 0.25) is 0 Å². The maximum atomic E-state index is 11.2. The number of hydrogen-bond donors (Lipinski definition) is 1. The molecule has 5 nitrogen and oxygen atoms in total. The fourth-order valence-electron chi connectivity index (χ4n) is 9.81. The largest absolute Gasteiger partial charge is 0.390 e. The lowest BCUT2D eigenvalue weighted by molar-refractivity contribution is -0.153. The summed E-state index contributed by atoms with van der Waals surface area (Å²) < 4.78 is 2.01. The Labute approximate surface area is 195 Å². The minimum absolute atomic E-state index is 0.378. The van der Waals surface area contributed by atoms with Gasteiger partial charge in [-0.3, -0.25) is 0 Å². The van der Waals surface area contributed by atoms with Crippen LogP contribution in [0.2, 0.25) is 0 Å². The molecule has 0 amide bonds. The second-order valence-corrected chi connectivity index (χ2v) is 12.9. The van der Waals surface area contributed by atoms with E-state index in [2.05, 4.69) is 43.2 Å². The zero-order valence-electron chi connectivity index (χ0n) is 21.2. The number of aryl methyl sites for hydroxylation is 1. The van der Waals surface area contributed by atoms with Crippen molar-refractivity contribution in [3.63, 3.8) is 0 Å². The molecule has 1 aromatic rings. The predicted molar refractivity (Wildman–Crippen MR) is 127 cm³/mol. The van der Waals surface area contributed by atoms with E-state index in [1.165, 1.54) is 44.9 Å². The molecular weight excluding hydrogens is 396 g/mol. The van der Waals surface area contributed by atoms with Crippen molar-refractivity contribution in [2.45, 2.75) is 117 Å². The van der Waals surface area contributed by atoms with Crippen LogP contribution in [-0.4, -0.2) is 30.9 Å². The van der Waals surface area contributed by atoms with Gasteiger partial charge in [0.1, 0.15) is 5.82 Å². The van der Waals surface area contributed by atoms with Crippen molar-refractivity contribution in [3.8, 4) is 0 Å². The van der Waals surface area contributed by atoms with Crippen LogP contribution in [-0.2, 0) is 6.54 Å². The molecule has 5 rings (SSSR count). The van der Waals surface area contributed by atoms with Crippen molar-refractivity contribution < 1.29 is 5.11 Å². The summed E-state index contributed by atoms with van der Waals surface area (Å²) >= 11 is 0. The second-order valence-electron chi connectivity index (χ2n) is 12.9. The van der Waals surface area contributed by atoms with Crippen molar-refractivity contribution in [1.82, 2.24) is 20.2 Å². The van der Waals surface area contributed by atoms with Gasteiger partial charge in [0.25, 0.3) is 0 Å². The second kappa shape index (κ2) is 8.06. The summed E-state index contributed by atoms with van der Waals surface area (Å²) in [6, 6.07) is 0. The molecule has 4 aliphatic carbocycles. The van der Waals surface area contributed by atoms with Crippen LogP contribution >= 0.6 is 0 Å². The Balaban J connectivity index is 1.32. The first-order valence-electron chi connectivity index (χ1n) is 13.7. The summed E-state index contributed by atoms with van der Waals surface area (Å²) in [6.45, 7) is 12.9. The lowest BCUT2D eigenvalue weighted by atomic mass is 9.43. The number of aromatic nitrogens is 4. The highest BCUT2D eigenvalue weighted by atomic mass is 16.3. The van der Waals surface area contributed by atoms with Gasteiger partial charge in [-0.2, -0.15) is 0 Å². The zero-order valence-corrected chi connectivity index (χ0v) is 21.2. The standard InChI is InChI=1S/C27H46N4O/c1-6-12-27(32)15-14-25(4)20(16-27)7-8-21-23-10-9-22(26(23,5)13-11-24(21)25)18(2)17-31-19(3)28-29-30-31/h18,20-24,32H,6-17H2,1-5H3/t18?,20-,21+,22-,23+,24+,25+,26-,27-/m1/s1. The van der Waals surface area contributed by atoms with Gasteiger partial charge in [-0.05, 0) is 128 Å². The molecule has 0 saturated heterocycles. The molecule has 0 radical (unpaired) electrons. The van der Waals surface area contributed by atoms with Crippen LogP contribution in [0.15, 0.2) is 0 Å². The minimum atomic E-state index is -0.378. The highest BCUT2D eigenvalue weighted by Crippen LogP contribution is 2.68. The monoisotopic (exact) mass is 442 g/mol. The van der Waals surface area contributed by atoms with E-state index in [4.69, 9.17) is 0 Å². The van der Waals surface area contributed by atoms with E-state index in [1.54, 1.807) is 0 Å². The van der Waals surface area contributed by atoms with E-state index in [9.17, 15) is 5.11 Å². The molecule has 180 valence electrons. The number of hydrogen-bond acceptors (Lipinski definition) is 4. The van der Waals surface area contributed by atoms with Gasteiger partial charge in [0.15, 0.2) is 0 Å². The van der Waals surface area contributed by atoms with E-state index < -0.39 is 0 Å². The SMILES string of the molecule is CCC[C@@]1(O)CC[C@@]2(C)[C@H](CC[C@@H]3[C@@H]2CC[C@]2(C)[C@@H](C(C)Cn4nnnc4C)CC[C@@H]32)C1. The van der Waals surface area contributed by atoms with Gasteiger partial charge in [-0.1, -0.05) is 34.1 Å². The van der Waals surface area contributed by atoms with E-state index in [1.807, 2.05) is 11.6 Å². The van der Waals surface area contributed by atoms with Crippen molar-refractivity contribution in [2.24, 2.45) is 46.3 Å². The normalized spacial score (nSPS) is 46.9. The molecule has 5 heteroatoms. The van der Waals surface area contributed by atoms with Crippen molar-refractivity contribution in [2.75, 3.05) is 0 Å². The van der Waals surface area contributed by atoms with Gasteiger partial charge in [-0.15, -0.1) is 5.10 Å². The molecule has 0 spiro atoms. The van der Waals surface area contributed by atoms with Gasteiger partial charge >= 0.3 is 0 Å². The van der Waals surface area contributed by atoms with Crippen molar-refractivity contribution in [3.05, 3.63) is 5.82 Å². The Bertz CT molecular complexity index is 824. The van der Waals surface area contributed by atoms with Crippen molar-refractivity contribution >= 4 is 0 Å². The molecule has 1 heterocycles. The third-order valence-corrected chi connectivity index (χ3v) is 11.5. The smallest absolute Gasteiger partial charge is 0.148 e. The van der Waals surface area contributed by atoms with Gasteiger partial charge in [0.05, 0.1) is 5.60 Å². The molecule has 1 N–H and O–H groups in total. The Morgan fingerprint density at radius 3 is 2.53 bits per heavy atom. The molecule has 0 aromatic carbocycles. The van der Waals surface area contributed by atoms with E-state index in [0.717, 1.165) is 67.6 Å². The molecule has 0 bridgehead atoms. The lowest BCUT2D eigenvalue weighted by Gasteiger charge is -2.62. The maximum Gasteiger partial charge on any atom is 0.148 e. The molecule has 9 atom stereocenters. The quantitative estimate of drug-likeness (QED) is 0.625. The lowest BCUT2D eigenvalue weighted by Crippen LogP contribution is -2.56. The Morgan fingerprint density at radius 2 is 1.81 bits per heavy atom. The first kappa shape index (κ1) is 22.8. The average Bonchev–Trinajstić information content (AvgIpc) is 3.31. The Kier molecular flexibility index (Phi) is 5.74. The summed E-state index contributed by atoms with van der Waals surface area (Å²) in [5.41, 5.74) is 0.553. The fourth-order valence-corrected chi connectivity index (χ4v) is 9.81. The molecule has 4 aliphatic rings. The molecule has 1 aromatic heterocycles. The first-order valence-corrected chi connectivity index (χ1v) is 13.7. The predicted octanol–water partition coefficient (Wildman–Crippen LogP) is 5.81. The highest BCUT2D eigenvalue weighted by Gasteiger charge is 2.61. The summed E-state index contributed by atoms with van der Waals surface area (Å²) in [5.74, 6) is 5.74. The van der Waals surface area contributed by atoms with E-state index in [0.29, 0.717) is 16.7 Å². The average molecular weight is 443 g/mol. The Hall–Kier alpha value is -0.970. The molecule has 4 saturated carbocycles. The van der Waals surface area contributed by atoms with Gasteiger partial charge in [-0.25, -0.2) is 4.68 Å². The molecule has 32 heavy (non-hydrogen) atoms. The van der Waals surface area contributed by atoms with Crippen LogP contribution < -0.4 is 0 Å². The Morgan fingerprint density at radius 1 is 1.03 bits per heavy atom. The van der Waals surface area contributed by atoms with Crippen molar-refractivity contribution in [1.29, 1.82) is 0 Å². The van der Waals surface area contributed by atoms with Gasteiger partial charge in [0, 0.05) is 6.54 Å². The van der Waals surface area contributed by atoms with E-state index in [-0.39, 0.29) is 5.60 Å². The fraction of sp³-hybridized carbons (Fsp3) is 0.963. The topological polar surface area (TPSA) is 63.8 Å². The molecule has 0 aliphatic heterocycles. The first-order chi connectivity index (χ1) is 15.2. The molecular formula is C27H46N4O. The zero-order chi connectivity index (χ0) is 22.7. The number of nitrogens with zero attached hydrogens (tertiary/aromatic N) is 4. The summed E-state index contributed by atoms with van der Waals surface area (Å²) in [4.78, 5) is 0. The minimum Gasteiger partial charge on any atom is -0.390 e. The van der Waals surface area contributed by atoms with Crippen LogP contribution in [0.4, 0.5) is 0 Å². The number of aliphatic hydroxyl groups is 1. The number of rotatable bonds is 5. The van der Waals surface area contributed by atoms with Gasteiger partial charge < -0.3 is 5.11 Å². The van der Waals surface area contributed by atoms with E-state index >= 15 is 0 Å². The van der Waals surface area contributed by atoms with Crippen LogP contribution in [0, 0.1) is 53.3 Å². The van der Waals surface area contributed by atoms with Crippen LogP contribution in [0.5, 0.6) is 0 Å². The summed E-state index contributed by atoms with van der Waals surface area (Å²) in [5, 5.41) is 23.4. The summed E-state index contributed by atoms with van der Waals surface area (Å²) in [6.07, 6.45) is 13.8. The number of fused-ring (bicyclic) bond motifs is 5. The summed E-state index contributed by atoms with van der Waals surface area (Å²) in [7, 11) is 0. The maximum absolute atomic E-state index is 11.2. The highest BCUT2D eigenvalue weighted by molar-refractivity contribution is 5.11. The van der Waals surface area contributed by atoms with Crippen LogP contribution in [0.25, 0.3) is 0 Å². The van der Waals surface area contributed by atoms with Crippen LogP contribution in [0.3, 0.4) is 0 Å². The third-order valence-electron chi connectivity index (χ3n) is 11.5. The molecule has 4 fully saturated rings. The number of tetrazole rings is 1. The third kappa shape index (κ3) is 3.47. The van der Waals surface area contributed by atoms with Crippen LogP contribution in [0.1, 0.15) is 104 Å².